The van der Waals surface area contributed by atoms with Crippen molar-refractivity contribution in [1.29, 1.82) is 0 Å². The normalized spacial score (nSPS) is 12.3. The van der Waals surface area contributed by atoms with E-state index in [2.05, 4.69) is 4.98 Å². The maximum Gasteiger partial charge on any atom is 0.418 e. The largest absolute Gasteiger partial charge is 0.418 e. The van der Waals surface area contributed by atoms with Crippen molar-refractivity contribution in [3.05, 3.63) is 63.9 Å². The van der Waals surface area contributed by atoms with Gasteiger partial charge in [-0.05, 0) is 43.7 Å². The maximum absolute atomic E-state index is 13.7. The van der Waals surface area contributed by atoms with Crippen molar-refractivity contribution in [1.82, 2.24) is 9.55 Å². The Morgan fingerprint density at radius 1 is 1.03 bits per heavy atom. The van der Waals surface area contributed by atoms with E-state index in [0.29, 0.717) is 29.2 Å². The van der Waals surface area contributed by atoms with Gasteiger partial charge in [0.1, 0.15) is 5.78 Å². The third kappa shape index (κ3) is 5.14. The van der Waals surface area contributed by atoms with Gasteiger partial charge in [-0.25, -0.2) is 4.98 Å². The Kier molecular flexibility index (Phi) is 6.68. The Hall–Kier alpha value is -2.82. The third-order valence-corrected chi connectivity index (χ3v) is 5.55. The molecule has 3 rings (SSSR count). The van der Waals surface area contributed by atoms with E-state index in [0.717, 1.165) is 11.8 Å². The molecule has 0 spiro atoms. The molecule has 0 amide bonds. The molecule has 32 heavy (non-hydrogen) atoms. The lowest BCUT2D eigenvalue weighted by atomic mass is 10.1. The summed E-state index contributed by atoms with van der Waals surface area (Å²) < 4.78 is 81.4. The van der Waals surface area contributed by atoms with Crippen LogP contribution >= 0.6 is 11.8 Å². The number of carbonyl (C=O) groups is 1. The summed E-state index contributed by atoms with van der Waals surface area (Å²) in [6, 6.07) is 6.82. The first-order valence-electron chi connectivity index (χ1n) is 9.32. The van der Waals surface area contributed by atoms with Gasteiger partial charge in [0.2, 0.25) is 0 Å². The number of rotatable bonds is 6. The lowest BCUT2D eigenvalue weighted by Crippen LogP contribution is -2.25. The second-order valence-electron chi connectivity index (χ2n) is 6.93. The SMILES string of the molecule is CC(=O)CCCSc1nc2ccccc2c(=O)n1-c1cc(C(F)(F)F)ccc1C(F)(F)F. The van der Waals surface area contributed by atoms with Crippen LogP contribution in [0.5, 0.6) is 0 Å². The van der Waals surface area contributed by atoms with Crippen LogP contribution in [0.1, 0.15) is 30.9 Å². The summed E-state index contributed by atoms with van der Waals surface area (Å²) >= 11 is 0.897. The fourth-order valence-electron chi connectivity index (χ4n) is 3.04. The number of Topliss-reactive ketones (excluding diaryl/α,β-unsaturated/α-hetero) is 1. The molecule has 170 valence electrons. The molecule has 0 unspecified atom stereocenters. The van der Waals surface area contributed by atoms with Crippen LogP contribution in [-0.4, -0.2) is 21.1 Å². The minimum Gasteiger partial charge on any atom is -0.300 e. The van der Waals surface area contributed by atoms with Crippen molar-refractivity contribution in [2.24, 2.45) is 0 Å². The van der Waals surface area contributed by atoms with E-state index in [-0.39, 0.29) is 34.0 Å². The molecule has 0 bridgehead atoms. The van der Waals surface area contributed by atoms with E-state index in [9.17, 15) is 35.9 Å². The van der Waals surface area contributed by atoms with Crippen LogP contribution in [0.2, 0.25) is 0 Å². The van der Waals surface area contributed by atoms with E-state index in [1.165, 1.54) is 25.1 Å². The Bertz CT molecular complexity index is 1220. The molecular weight excluding hydrogens is 458 g/mol. The third-order valence-electron chi connectivity index (χ3n) is 4.52. The molecule has 11 heteroatoms. The number of hydrogen-bond donors (Lipinski definition) is 0. The average Bonchev–Trinajstić information content (AvgIpc) is 2.69. The molecule has 1 heterocycles. The molecule has 0 atom stereocenters. The quantitative estimate of drug-likeness (QED) is 0.194. The number of alkyl halides is 6. The zero-order chi connectivity index (χ0) is 23.7. The fourth-order valence-corrected chi connectivity index (χ4v) is 3.98. The van der Waals surface area contributed by atoms with Crippen LogP contribution in [0.4, 0.5) is 26.3 Å². The number of hydrogen-bond acceptors (Lipinski definition) is 4. The summed E-state index contributed by atoms with van der Waals surface area (Å²) in [6.45, 7) is 1.38. The zero-order valence-electron chi connectivity index (χ0n) is 16.5. The first-order valence-corrected chi connectivity index (χ1v) is 10.3. The number of aromatic nitrogens is 2. The van der Waals surface area contributed by atoms with Crippen LogP contribution < -0.4 is 5.56 Å². The molecular formula is C21H16F6N2O2S. The van der Waals surface area contributed by atoms with Crippen molar-refractivity contribution in [2.45, 2.75) is 37.3 Å². The van der Waals surface area contributed by atoms with Gasteiger partial charge in [0.05, 0.1) is 27.7 Å². The molecule has 3 aromatic rings. The van der Waals surface area contributed by atoms with Crippen molar-refractivity contribution < 1.29 is 31.1 Å². The first kappa shape index (κ1) is 23.8. The van der Waals surface area contributed by atoms with Gasteiger partial charge in [-0.3, -0.25) is 9.36 Å². The van der Waals surface area contributed by atoms with Crippen molar-refractivity contribution >= 4 is 28.4 Å². The fraction of sp³-hybridized carbons (Fsp3) is 0.286. The summed E-state index contributed by atoms with van der Waals surface area (Å²) in [4.78, 5) is 28.5. The molecule has 2 aromatic carbocycles. The monoisotopic (exact) mass is 474 g/mol. The summed E-state index contributed by atoms with van der Waals surface area (Å²) in [7, 11) is 0. The molecule has 0 aliphatic heterocycles. The lowest BCUT2D eigenvalue weighted by molar-refractivity contribution is -0.141. The minimum absolute atomic E-state index is 0.0360. The van der Waals surface area contributed by atoms with Crippen LogP contribution in [0.3, 0.4) is 0 Å². The van der Waals surface area contributed by atoms with E-state index in [1.807, 2.05) is 0 Å². The van der Waals surface area contributed by atoms with Gasteiger partial charge in [-0.15, -0.1) is 0 Å². The molecule has 0 fully saturated rings. The highest BCUT2D eigenvalue weighted by Crippen LogP contribution is 2.39. The Morgan fingerprint density at radius 3 is 2.34 bits per heavy atom. The van der Waals surface area contributed by atoms with Gasteiger partial charge >= 0.3 is 12.4 Å². The summed E-state index contributed by atoms with van der Waals surface area (Å²) in [5.41, 5.74) is -4.40. The smallest absolute Gasteiger partial charge is 0.300 e. The number of nitrogens with zero attached hydrogens (tertiary/aromatic N) is 2. The van der Waals surface area contributed by atoms with Crippen molar-refractivity contribution in [2.75, 3.05) is 5.75 Å². The molecule has 0 N–H and O–H groups in total. The Balaban J connectivity index is 2.28. The predicted octanol–water partition coefficient (Wildman–Crippen LogP) is 5.88. The lowest BCUT2D eigenvalue weighted by Gasteiger charge is -2.19. The first-order chi connectivity index (χ1) is 14.9. The second kappa shape index (κ2) is 8.97. The van der Waals surface area contributed by atoms with Crippen LogP contribution in [0.25, 0.3) is 16.6 Å². The summed E-state index contributed by atoms with van der Waals surface area (Å²) in [5, 5.41) is -0.229. The number of benzene rings is 2. The highest BCUT2D eigenvalue weighted by molar-refractivity contribution is 7.99. The van der Waals surface area contributed by atoms with E-state index in [4.69, 9.17) is 0 Å². The summed E-state index contributed by atoms with van der Waals surface area (Å²) in [6.07, 6.45) is -9.36. The van der Waals surface area contributed by atoms with Gasteiger partial charge in [-0.2, -0.15) is 26.3 Å². The average molecular weight is 474 g/mol. The molecule has 0 radical (unpaired) electrons. The standard InChI is InChI=1S/C21H16F6N2O2S/c1-12(30)5-4-10-32-19-28-16-7-3-2-6-14(16)18(31)29(19)17-11-13(20(22,23)24)8-9-15(17)21(25,26)27/h2-3,6-9,11H,4-5,10H2,1H3. The molecule has 0 saturated heterocycles. The second-order valence-corrected chi connectivity index (χ2v) is 8.00. The number of halogens is 6. The molecule has 0 saturated carbocycles. The molecule has 1 aromatic heterocycles. The van der Waals surface area contributed by atoms with Crippen LogP contribution in [0, 0.1) is 0 Å². The maximum atomic E-state index is 13.7. The molecule has 4 nitrogen and oxygen atoms in total. The zero-order valence-corrected chi connectivity index (χ0v) is 17.4. The Morgan fingerprint density at radius 2 is 1.72 bits per heavy atom. The van der Waals surface area contributed by atoms with Crippen LogP contribution in [-0.2, 0) is 17.1 Å². The topological polar surface area (TPSA) is 52.0 Å². The Labute approximate surface area is 182 Å². The van der Waals surface area contributed by atoms with Crippen molar-refractivity contribution in [3.63, 3.8) is 0 Å². The minimum atomic E-state index is -5.01. The van der Waals surface area contributed by atoms with E-state index >= 15 is 0 Å². The van der Waals surface area contributed by atoms with Gasteiger partial charge < -0.3 is 4.79 Å². The molecule has 0 aliphatic carbocycles. The summed E-state index contributed by atoms with van der Waals surface area (Å²) in [5.74, 6) is 0.136. The van der Waals surface area contributed by atoms with Crippen LogP contribution in [0.15, 0.2) is 52.4 Å². The van der Waals surface area contributed by atoms with Gasteiger partial charge in [0, 0.05) is 12.2 Å². The predicted molar refractivity (Wildman–Crippen MR) is 108 cm³/mol. The van der Waals surface area contributed by atoms with Gasteiger partial charge in [0.25, 0.3) is 5.56 Å². The number of ketones is 1. The highest BCUT2D eigenvalue weighted by Gasteiger charge is 2.38. The van der Waals surface area contributed by atoms with Gasteiger partial charge in [0.15, 0.2) is 5.16 Å². The number of para-hydroxylation sites is 1. The number of carbonyl (C=O) groups excluding carboxylic acids is 1. The van der Waals surface area contributed by atoms with E-state index < -0.39 is 34.7 Å². The highest BCUT2D eigenvalue weighted by atomic mass is 32.2. The number of fused-ring (bicyclic) bond motifs is 1. The van der Waals surface area contributed by atoms with E-state index in [1.54, 1.807) is 6.07 Å². The molecule has 0 aliphatic rings. The number of thioether (sulfide) groups is 1. The van der Waals surface area contributed by atoms with Crippen molar-refractivity contribution in [3.8, 4) is 5.69 Å². The van der Waals surface area contributed by atoms with Gasteiger partial charge in [-0.1, -0.05) is 23.9 Å².